The van der Waals surface area contributed by atoms with E-state index in [1.54, 1.807) is 18.4 Å². The topological polar surface area (TPSA) is 52.8 Å². The van der Waals surface area contributed by atoms with E-state index in [1.165, 1.54) is 4.88 Å². The molecule has 0 aliphatic heterocycles. The third kappa shape index (κ3) is 2.70. The smallest absolute Gasteiger partial charge is 0.114 e. The van der Waals surface area contributed by atoms with Gasteiger partial charge in [0.05, 0.1) is 17.7 Å². The highest BCUT2D eigenvalue weighted by Crippen LogP contribution is 2.21. The number of ether oxygens (including phenoxy) is 1. The number of aromatic nitrogens is 4. The largest absolute Gasteiger partial charge is 0.372 e. The zero-order chi connectivity index (χ0) is 12.5. The molecule has 92 valence electrons. The minimum Gasteiger partial charge on any atom is -0.372 e. The van der Waals surface area contributed by atoms with Gasteiger partial charge in [0.15, 0.2) is 0 Å². The highest BCUT2D eigenvalue weighted by molar-refractivity contribution is 7.11. The average Bonchev–Trinajstić information content (AvgIpc) is 2.89. The maximum Gasteiger partial charge on any atom is 0.114 e. The van der Waals surface area contributed by atoms with Crippen LogP contribution in [0, 0.1) is 6.92 Å². The van der Waals surface area contributed by atoms with E-state index in [0.29, 0.717) is 6.54 Å². The van der Waals surface area contributed by atoms with E-state index in [9.17, 15) is 0 Å². The first-order valence-corrected chi connectivity index (χ1v) is 6.20. The van der Waals surface area contributed by atoms with E-state index in [2.05, 4.69) is 15.3 Å². The van der Waals surface area contributed by atoms with Crippen LogP contribution in [-0.2, 0) is 16.9 Å². The van der Waals surface area contributed by atoms with Gasteiger partial charge < -0.3 is 4.74 Å². The normalized spacial score (nSPS) is 12.0. The lowest BCUT2D eigenvalue weighted by molar-refractivity contribution is 0.0154. The predicted molar refractivity (Wildman–Crippen MR) is 66.0 cm³/mol. The van der Waals surface area contributed by atoms with Gasteiger partial charge >= 0.3 is 0 Å². The van der Waals surface area contributed by atoms with Crippen molar-refractivity contribution in [3.05, 3.63) is 28.0 Å². The van der Waals surface area contributed by atoms with Crippen LogP contribution in [-0.4, -0.2) is 27.1 Å². The first-order chi connectivity index (χ1) is 8.01. The number of nitrogens with zero attached hydrogens (tertiary/aromatic N) is 4. The van der Waals surface area contributed by atoms with Gasteiger partial charge in [-0.1, -0.05) is 5.21 Å². The molecular weight excluding hydrogens is 236 g/mol. The lowest BCUT2D eigenvalue weighted by Crippen LogP contribution is -2.19. The maximum atomic E-state index is 5.37. The van der Waals surface area contributed by atoms with Crippen LogP contribution < -0.4 is 0 Å². The number of hydrogen-bond donors (Lipinski definition) is 0. The molecule has 2 aromatic rings. The van der Waals surface area contributed by atoms with Gasteiger partial charge in [-0.3, -0.25) is 0 Å². The molecule has 2 heterocycles. The fourth-order valence-corrected chi connectivity index (χ4v) is 2.18. The van der Waals surface area contributed by atoms with Crippen molar-refractivity contribution in [2.75, 3.05) is 7.11 Å². The van der Waals surface area contributed by atoms with E-state index in [-0.39, 0.29) is 0 Å². The summed E-state index contributed by atoms with van der Waals surface area (Å²) in [6.45, 7) is 6.64. The first-order valence-electron chi connectivity index (χ1n) is 5.38. The van der Waals surface area contributed by atoms with Crippen LogP contribution in [0.3, 0.4) is 0 Å². The van der Waals surface area contributed by atoms with Gasteiger partial charge in [0.2, 0.25) is 0 Å². The highest BCUT2D eigenvalue weighted by Gasteiger charge is 2.23. The van der Waals surface area contributed by atoms with Crippen LogP contribution in [0.2, 0.25) is 0 Å². The Bertz CT molecular complexity index is 503. The zero-order valence-electron chi connectivity index (χ0n) is 10.5. The molecule has 0 bridgehead atoms. The van der Waals surface area contributed by atoms with Crippen LogP contribution in [0.15, 0.2) is 12.4 Å². The molecule has 0 N–H and O–H groups in total. The van der Waals surface area contributed by atoms with Crippen molar-refractivity contribution >= 4 is 11.3 Å². The van der Waals surface area contributed by atoms with Crippen molar-refractivity contribution in [2.45, 2.75) is 32.9 Å². The fraction of sp³-hybridized carbons (Fsp3) is 0.545. The Morgan fingerprint density at radius 2 is 2.24 bits per heavy atom. The Hall–Kier alpha value is -1.27. The fourth-order valence-electron chi connectivity index (χ4n) is 1.39. The standard InChI is InChI=1S/C11H16N4OS/c1-8-12-5-9(17-8)6-15-7-10(13-14-15)11(2,3)16-4/h5,7H,6H2,1-4H3. The number of rotatable bonds is 4. The van der Waals surface area contributed by atoms with Gasteiger partial charge in [-0.05, 0) is 20.8 Å². The molecule has 0 unspecified atom stereocenters. The lowest BCUT2D eigenvalue weighted by Gasteiger charge is -2.18. The van der Waals surface area contributed by atoms with Crippen LogP contribution in [0.25, 0.3) is 0 Å². The molecule has 0 saturated carbocycles. The molecule has 0 amide bonds. The minimum absolute atomic E-state index is 0.401. The molecule has 0 aliphatic rings. The van der Waals surface area contributed by atoms with E-state index >= 15 is 0 Å². The molecule has 6 heteroatoms. The quantitative estimate of drug-likeness (QED) is 0.835. The van der Waals surface area contributed by atoms with E-state index in [4.69, 9.17) is 4.74 Å². The van der Waals surface area contributed by atoms with Crippen LogP contribution in [0.4, 0.5) is 0 Å². The Morgan fingerprint density at radius 3 is 2.82 bits per heavy atom. The summed E-state index contributed by atoms with van der Waals surface area (Å²) in [7, 11) is 1.67. The van der Waals surface area contributed by atoms with E-state index < -0.39 is 5.60 Å². The van der Waals surface area contributed by atoms with Crippen LogP contribution in [0.5, 0.6) is 0 Å². The van der Waals surface area contributed by atoms with Gasteiger partial charge in [-0.25, -0.2) is 9.67 Å². The second-order valence-corrected chi connectivity index (χ2v) is 5.68. The lowest BCUT2D eigenvalue weighted by atomic mass is 10.1. The third-order valence-corrected chi connectivity index (χ3v) is 3.55. The molecule has 0 aliphatic carbocycles. The average molecular weight is 252 g/mol. The predicted octanol–water partition coefficient (Wildman–Crippen LogP) is 1.97. The highest BCUT2D eigenvalue weighted by atomic mass is 32.1. The van der Waals surface area contributed by atoms with Gasteiger partial charge in [-0.15, -0.1) is 16.4 Å². The monoisotopic (exact) mass is 252 g/mol. The first kappa shape index (κ1) is 12.2. The Labute approximate surface area is 104 Å². The Kier molecular flexibility index (Phi) is 3.26. The van der Waals surface area contributed by atoms with Crippen molar-refractivity contribution in [1.29, 1.82) is 0 Å². The van der Waals surface area contributed by atoms with E-state index in [1.807, 2.05) is 37.8 Å². The summed E-state index contributed by atoms with van der Waals surface area (Å²) in [5.74, 6) is 0. The molecule has 5 nitrogen and oxygen atoms in total. The molecule has 0 aromatic carbocycles. The Balaban J connectivity index is 2.14. The van der Waals surface area contributed by atoms with Gasteiger partial charge in [0, 0.05) is 18.2 Å². The second-order valence-electron chi connectivity index (χ2n) is 4.36. The molecule has 0 atom stereocenters. The van der Waals surface area contributed by atoms with Crippen molar-refractivity contribution in [3.8, 4) is 0 Å². The molecule has 2 aromatic heterocycles. The van der Waals surface area contributed by atoms with Crippen molar-refractivity contribution in [2.24, 2.45) is 0 Å². The molecule has 0 spiro atoms. The summed E-state index contributed by atoms with van der Waals surface area (Å²) in [5, 5.41) is 9.30. The summed E-state index contributed by atoms with van der Waals surface area (Å²) < 4.78 is 7.17. The summed E-state index contributed by atoms with van der Waals surface area (Å²) in [5.41, 5.74) is 0.434. The molecule has 0 fully saturated rings. The molecule has 2 rings (SSSR count). The van der Waals surface area contributed by atoms with Crippen molar-refractivity contribution in [3.63, 3.8) is 0 Å². The van der Waals surface area contributed by atoms with Crippen LogP contribution >= 0.6 is 11.3 Å². The second kappa shape index (κ2) is 4.54. The van der Waals surface area contributed by atoms with E-state index in [0.717, 1.165) is 10.7 Å². The van der Waals surface area contributed by atoms with Gasteiger partial charge in [0.25, 0.3) is 0 Å². The summed E-state index contributed by atoms with van der Waals surface area (Å²) >= 11 is 1.67. The van der Waals surface area contributed by atoms with Crippen molar-refractivity contribution < 1.29 is 4.74 Å². The van der Waals surface area contributed by atoms with Gasteiger partial charge in [-0.2, -0.15) is 0 Å². The minimum atomic E-state index is -0.401. The van der Waals surface area contributed by atoms with Gasteiger partial charge in [0.1, 0.15) is 11.3 Å². The maximum absolute atomic E-state index is 5.37. The number of methoxy groups -OCH3 is 1. The molecule has 0 radical (unpaired) electrons. The summed E-state index contributed by atoms with van der Waals surface area (Å²) in [6, 6.07) is 0. The summed E-state index contributed by atoms with van der Waals surface area (Å²) in [6.07, 6.45) is 3.79. The molecule has 0 saturated heterocycles. The van der Waals surface area contributed by atoms with Crippen molar-refractivity contribution in [1.82, 2.24) is 20.0 Å². The summed E-state index contributed by atoms with van der Waals surface area (Å²) in [4.78, 5) is 5.39. The van der Waals surface area contributed by atoms with Crippen LogP contribution in [0.1, 0.15) is 29.4 Å². The zero-order valence-corrected chi connectivity index (χ0v) is 11.3. The Morgan fingerprint density at radius 1 is 1.47 bits per heavy atom. The third-order valence-electron chi connectivity index (χ3n) is 2.65. The molecule has 17 heavy (non-hydrogen) atoms. The number of thiazole rings is 1. The number of hydrogen-bond acceptors (Lipinski definition) is 5. The molecular formula is C11H16N4OS. The SMILES string of the molecule is COC(C)(C)c1cn(Cc2cnc(C)s2)nn1. The number of aryl methyl sites for hydroxylation is 1.